The minimum absolute atomic E-state index is 0.0887. The summed E-state index contributed by atoms with van der Waals surface area (Å²) in [6.07, 6.45) is 7.00. The van der Waals surface area contributed by atoms with E-state index >= 15 is 0 Å². The number of piperazine rings is 1. The Labute approximate surface area is 192 Å². The highest BCUT2D eigenvalue weighted by Crippen LogP contribution is 2.33. The van der Waals surface area contributed by atoms with Crippen LogP contribution in [0.3, 0.4) is 0 Å². The summed E-state index contributed by atoms with van der Waals surface area (Å²) < 4.78 is 0. The molecule has 32 heavy (non-hydrogen) atoms. The van der Waals surface area contributed by atoms with Crippen LogP contribution in [-0.4, -0.2) is 54.2 Å². The Morgan fingerprint density at radius 3 is 2.34 bits per heavy atom. The fourth-order valence-electron chi connectivity index (χ4n) is 4.47. The van der Waals surface area contributed by atoms with Crippen LogP contribution in [0.2, 0.25) is 0 Å². The molecule has 0 bridgehead atoms. The number of hydrogen-bond donors (Lipinski definition) is 0. The van der Waals surface area contributed by atoms with Crippen LogP contribution in [0, 0.1) is 0 Å². The summed E-state index contributed by atoms with van der Waals surface area (Å²) in [6, 6.07) is 5.89. The molecule has 0 aromatic heterocycles. The van der Waals surface area contributed by atoms with Gasteiger partial charge in [-0.15, -0.1) is 0 Å². The molecule has 0 saturated carbocycles. The minimum Gasteiger partial charge on any atom is -0.368 e. The fraction of sp³-hybridized carbons (Fsp3) is 0.407. The summed E-state index contributed by atoms with van der Waals surface area (Å²) in [5.74, 6) is -0.0887. The molecule has 1 atom stereocenters. The molecule has 1 aromatic carbocycles. The molecule has 2 aliphatic heterocycles. The first-order valence-electron chi connectivity index (χ1n) is 11.4. The topological polar surface area (TPSA) is 43.9 Å². The van der Waals surface area contributed by atoms with Gasteiger partial charge in [0.15, 0.2) is 6.29 Å². The molecule has 5 nitrogen and oxygen atoms in total. The Morgan fingerprint density at radius 2 is 1.78 bits per heavy atom. The maximum atomic E-state index is 13.2. The van der Waals surface area contributed by atoms with Gasteiger partial charge in [-0.1, -0.05) is 30.9 Å². The highest BCUT2D eigenvalue weighted by molar-refractivity contribution is 6.02. The number of rotatable bonds is 6. The lowest BCUT2D eigenvalue weighted by molar-refractivity contribution is 0.0669. The summed E-state index contributed by atoms with van der Waals surface area (Å²) in [5, 5.41) is 0. The largest absolute Gasteiger partial charge is 0.368 e. The van der Waals surface area contributed by atoms with Gasteiger partial charge in [-0.2, -0.15) is 0 Å². The molecule has 2 saturated heterocycles. The Morgan fingerprint density at radius 1 is 1.12 bits per heavy atom. The highest BCUT2D eigenvalue weighted by Gasteiger charge is 2.27. The van der Waals surface area contributed by atoms with Gasteiger partial charge >= 0.3 is 0 Å². The molecule has 0 N–H and O–H groups in total. The first-order valence-corrected chi connectivity index (χ1v) is 11.4. The van der Waals surface area contributed by atoms with E-state index in [1.165, 1.54) is 5.57 Å². The molecular weight excluding hydrogens is 398 g/mol. The van der Waals surface area contributed by atoms with E-state index in [9.17, 15) is 9.59 Å². The number of aldehydes is 1. The number of nitrogens with zero attached hydrogens (tertiary/aromatic N) is 3. The van der Waals surface area contributed by atoms with Crippen LogP contribution in [0.5, 0.6) is 0 Å². The molecular formula is C27H35N3O2. The smallest absolute Gasteiger partial charge is 0.254 e. The zero-order chi connectivity index (χ0) is 23.4. The van der Waals surface area contributed by atoms with E-state index in [1.807, 2.05) is 24.0 Å². The molecule has 0 spiro atoms. The van der Waals surface area contributed by atoms with Crippen molar-refractivity contribution in [1.82, 2.24) is 9.80 Å². The van der Waals surface area contributed by atoms with E-state index in [2.05, 4.69) is 55.9 Å². The molecule has 1 unspecified atom stereocenters. The molecule has 1 aromatic rings. The number of hydrogen-bond acceptors (Lipinski definition) is 4. The highest BCUT2D eigenvalue weighted by atomic mass is 16.2. The number of amides is 1. The van der Waals surface area contributed by atoms with Gasteiger partial charge in [0.2, 0.25) is 0 Å². The first kappa shape index (κ1) is 23.6. The Hall–Kier alpha value is -3.08. The zero-order valence-corrected chi connectivity index (χ0v) is 19.9. The molecule has 2 aliphatic rings. The lowest BCUT2D eigenvalue weighted by atomic mass is 10.0. The van der Waals surface area contributed by atoms with Crippen LogP contribution >= 0.6 is 0 Å². The minimum atomic E-state index is -0.0887. The standard InChI is InChI=1S/C27H35N3O2/c1-7-19(2)16-20(3)23(6)28-12-14-29(15-13-28)27(32)26-11-10-25(17-24(26)18-31)30-21(4)8-9-22(30)5/h7,10-11,16-18,22H,4,6,8-9,12-15H2,1-3,5H3/b19-7-,20-16-. The quantitative estimate of drug-likeness (QED) is 0.458. The molecule has 1 amide bonds. The van der Waals surface area contributed by atoms with Crippen molar-refractivity contribution < 1.29 is 9.59 Å². The predicted molar refractivity (Wildman–Crippen MR) is 132 cm³/mol. The third kappa shape index (κ3) is 4.87. The molecule has 2 fully saturated rings. The van der Waals surface area contributed by atoms with E-state index in [0.717, 1.165) is 54.9 Å². The number of carbonyl (C=O) groups excluding carboxylic acids is 2. The third-order valence-corrected chi connectivity index (χ3v) is 6.61. The number of anilines is 1. The van der Waals surface area contributed by atoms with Crippen LogP contribution in [0.15, 0.2) is 66.0 Å². The molecule has 2 heterocycles. The van der Waals surface area contributed by atoms with Gasteiger partial charge in [0.25, 0.3) is 5.91 Å². The van der Waals surface area contributed by atoms with Crippen molar-refractivity contribution in [2.24, 2.45) is 0 Å². The van der Waals surface area contributed by atoms with Crippen molar-refractivity contribution in [3.8, 4) is 0 Å². The molecule has 0 aliphatic carbocycles. The van der Waals surface area contributed by atoms with Crippen molar-refractivity contribution in [2.45, 2.75) is 46.6 Å². The Bertz CT molecular complexity index is 981. The molecule has 170 valence electrons. The molecule has 0 radical (unpaired) electrons. The first-order chi connectivity index (χ1) is 15.3. The van der Waals surface area contributed by atoms with Gasteiger partial charge in [0.05, 0.1) is 5.56 Å². The van der Waals surface area contributed by atoms with E-state index in [1.54, 1.807) is 6.07 Å². The number of benzene rings is 1. The fourth-order valence-corrected chi connectivity index (χ4v) is 4.47. The predicted octanol–water partition coefficient (Wildman–Crippen LogP) is 5.19. The lowest BCUT2D eigenvalue weighted by Crippen LogP contribution is -2.48. The van der Waals surface area contributed by atoms with Crippen LogP contribution in [0.1, 0.15) is 61.3 Å². The van der Waals surface area contributed by atoms with Crippen molar-refractivity contribution in [1.29, 1.82) is 0 Å². The average molecular weight is 434 g/mol. The van der Waals surface area contributed by atoms with Gasteiger partial charge in [0, 0.05) is 54.9 Å². The summed E-state index contributed by atoms with van der Waals surface area (Å²) >= 11 is 0. The van der Waals surface area contributed by atoms with Crippen LogP contribution in [-0.2, 0) is 0 Å². The van der Waals surface area contributed by atoms with Gasteiger partial charge in [-0.05, 0) is 64.3 Å². The maximum absolute atomic E-state index is 13.2. The van der Waals surface area contributed by atoms with Crippen molar-refractivity contribution in [2.75, 3.05) is 31.1 Å². The van der Waals surface area contributed by atoms with Gasteiger partial charge < -0.3 is 14.7 Å². The maximum Gasteiger partial charge on any atom is 0.254 e. The summed E-state index contributed by atoms with van der Waals surface area (Å²) in [7, 11) is 0. The summed E-state index contributed by atoms with van der Waals surface area (Å²) in [5.41, 5.74) is 6.22. The van der Waals surface area contributed by atoms with E-state index in [-0.39, 0.29) is 5.91 Å². The van der Waals surface area contributed by atoms with Crippen LogP contribution in [0.25, 0.3) is 0 Å². The van der Waals surface area contributed by atoms with Crippen molar-refractivity contribution in [3.63, 3.8) is 0 Å². The summed E-state index contributed by atoms with van der Waals surface area (Å²) in [6.45, 7) is 19.4. The van der Waals surface area contributed by atoms with E-state index < -0.39 is 0 Å². The van der Waals surface area contributed by atoms with E-state index in [4.69, 9.17) is 0 Å². The summed E-state index contributed by atoms with van der Waals surface area (Å²) in [4.78, 5) is 31.3. The normalized spacial score (nSPS) is 20.1. The van der Waals surface area contributed by atoms with Gasteiger partial charge in [0.1, 0.15) is 0 Å². The van der Waals surface area contributed by atoms with Gasteiger partial charge in [-0.3, -0.25) is 9.59 Å². The second kappa shape index (κ2) is 10.0. The molecule has 5 heteroatoms. The zero-order valence-electron chi connectivity index (χ0n) is 19.9. The SMILES string of the molecule is C=C(/C(C)=C\C(C)=C/C)N1CCN(C(=O)c2ccc(N3C(=C)CCC3C)cc2C=O)CC1. The van der Waals surface area contributed by atoms with Crippen LogP contribution in [0.4, 0.5) is 5.69 Å². The molecule has 3 rings (SSSR count). The van der Waals surface area contributed by atoms with Gasteiger partial charge in [-0.25, -0.2) is 0 Å². The average Bonchev–Trinajstić information content (AvgIpc) is 3.15. The Kier molecular flexibility index (Phi) is 7.39. The lowest BCUT2D eigenvalue weighted by Gasteiger charge is -2.37. The number of allylic oxidation sites excluding steroid dienone is 5. The second-order valence-electron chi connectivity index (χ2n) is 8.80. The third-order valence-electron chi connectivity index (χ3n) is 6.61. The van der Waals surface area contributed by atoms with Crippen molar-refractivity contribution >= 4 is 17.9 Å². The monoisotopic (exact) mass is 433 g/mol. The van der Waals surface area contributed by atoms with Crippen LogP contribution < -0.4 is 4.90 Å². The Balaban J connectivity index is 1.70. The number of carbonyl (C=O) groups is 2. The second-order valence-corrected chi connectivity index (χ2v) is 8.80. The van der Waals surface area contributed by atoms with E-state index in [0.29, 0.717) is 30.3 Å². The van der Waals surface area contributed by atoms with Crippen molar-refractivity contribution in [3.05, 3.63) is 77.2 Å².